The molecule has 150 valence electrons. The van der Waals surface area contributed by atoms with Gasteiger partial charge >= 0.3 is 5.97 Å². The van der Waals surface area contributed by atoms with Crippen molar-refractivity contribution in [2.45, 2.75) is 25.4 Å². The predicted molar refractivity (Wildman–Crippen MR) is 103 cm³/mol. The van der Waals surface area contributed by atoms with Crippen LogP contribution in [-0.4, -0.2) is 37.6 Å². The van der Waals surface area contributed by atoms with Crippen LogP contribution < -0.4 is 9.47 Å². The Morgan fingerprint density at radius 2 is 2.03 bits per heavy atom. The second-order valence-electron chi connectivity index (χ2n) is 7.02. The maximum Gasteiger partial charge on any atom is 0.306 e. The minimum absolute atomic E-state index is 0.375. The molecular weight excluding hydrogens is 374 g/mol. The van der Waals surface area contributed by atoms with Crippen molar-refractivity contribution in [3.05, 3.63) is 60.6 Å². The zero-order valence-electron chi connectivity index (χ0n) is 15.6. The van der Waals surface area contributed by atoms with Crippen LogP contribution in [0.25, 0.3) is 5.69 Å². The Labute approximate surface area is 167 Å². The van der Waals surface area contributed by atoms with Gasteiger partial charge in [-0.2, -0.15) is 5.10 Å². The van der Waals surface area contributed by atoms with Gasteiger partial charge in [0.25, 0.3) is 0 Å². The highest BCUT2D eigenvalue weighted by atomic mass is 16.5. The highest BCUT2D eigenvalue weighted by molar-refractivity contribution is 5.67. The van der Waals surface area contributed by atoms with Crippen molar-refractivity contribution in [1.82, 2.24) is 14.8 Å². The molecule has 0 radical (unpaired) electrons. The third-order valence-corrected chi connectivity index (χ3v) is 4.55. The largest absolute Gasteiger partial charge is 0.493 e. The van der Waals surface area contributed by atoms with E-state index in [2.05, 4.69) is 10.1 Å². The van der Waals surface area contributed by atoms with Crippen LogP contribution in [0.5, 0.6) is 17.4 Å². The number of carboxylic acids is 1. The molecule has 8 nitrogen and oxygen atoms in total. The number of aliphatic hydroxyl groups is 1. The van der Waals surface area contributed by atoms with Crippen molar-refractivity contribution in [2.75, 3.05) is 6.61 Å². The summed E-state index contributed by atoms with van der Waals surface area (Å²) < 4.78 is 13.1. The first-order valence-electron chi connectivity index (χ1n) is 9.38. The Kier molecular flexibility index (Phi) is 5.44. The van der Waals surface area contributed by atoms with E-state index < -0.39 is 12.1 Å². The Bertz CT molecular complexity index is 982. The summed E-state index contributed by atoms with van der Waals surface area (Å²) in [6.07, 6.45) is 5.59. The Hall–Kier alpha value is -3.39. The maximum atomic E-state index is 10.7. The first kappa shape index (κ1) is 18.9. The van der Waals surface area contributed by atoms with E-state index in [1.54, 1.807) is 24.5 Å². The van der Waals surface area contributed by atoms with Gasteiger partial charge in [0.2, 0.25) is 5.88 Å². The number of hydrogen-bond acceptors (Lipinski definition) is 6. The monoisotopic (exact) mass is 395 g/mol. The first-order chi connectivity index (χ1) is 14.1. The predicted octanol–water partition coefficient (Wildman–Crippen LogP) is 3.36. The molecule has 8 heteroatoms. The van der Waals surface area contributed by atoms with E-state index in [9.17, 15) is 9.90 Å². The number of pyridine rings is 1. The SMILES string of the molecule is O=C(O)CC(O)c1cnn(-c2ccc(Oc3cccc(OCC4CC4)c3)nc2)c1. The van der Waals surface area contributed by atoms with Gasteiger partial charge in [-0.25, -0.2) is 9.67 Å². The number of rotatable bonds is 9. The number of aliphatic hydroxyl groups excluding tert-OH is 1. The van der Waals surface area contributed by atoms with E-state index in [1.165, 1.54) is 23.7 Å². The smallest absolute Gasteiger partial charge is 0.306 e. The van der Waals surface area contributed by atoms with Gasteiger partial charge in [-0.1, -0.05) is 6.07 Å². The fraction of sp³-hybridized carbons (Fsp3) is 0.286. The van der Waals surface area contributed by atoms with Crippen LogP contribution in [-0.2, 0) is 4.79 Å². The normalized spacial score (nSPS) is 14.4. The van der Waals surface area contributed by atoms with Gasteiger partial charge in [0.1, 0.15) is 11.5 Å². The van der Waals surface area contributed by atoms with Crippen molar-refractivity contribution in [1.29, 1.82) is 0 Å². The van der Waals surface area contributed by atoms with Crippen molar-refractivity contribution >= 4 is 5.97 Å². The lowest BCUT2D eigenvalue weighted by Gasteiger charge is -2.09. The summed E-state index contributed by atoms with van der Waals surface area (Å²) >= 11 is 0. The van der Waals surface area contributed by atoms with Crippen LogP contribution in [0.1, 0.15) is 30.9 Å². The average Bonchev–Trinajstić information content (AvgIpc) is 3.40. The van der Waals surface area contributed by atoms with Crippen LogP contribution >= 0.6 is 0 Å². The van der Waals surface area contributed by atoms with E-state index in [-0.39, 0.29) is 6.42 Å². The molecule has 1 unspecified atom stereocenters. The number of hydrogen-bond donors (Lipinski definition) is 2. The molecule has 1 fully saturated rings. The molecule has 0 saturated heterocycles. The second kappa shape index (κ2) is 8.32. The summed E-state index contributed by atoms with van der Waals surface area (Å²) in [6, 6.07) is 10.9. The zero-order chi connectivity index (χ0) is 20.2. The number of aromatic nitrogens is 3. The van der Waals surface area contributed by atoms with Crippen molar-refractivity contribution in [3.8, 4) is 23.1 Å². The number of nitrogens with zero attached hydrogens (tertiary/aromatic N) is 3. The topological polar surface area (TPSA) is 107 Å². The zero-order valence-corrected chi connectivity index (χ0v) is 15.6. The lowest BCUT2D eigenvalue weighted by molar-refractivity contribution is -0.139. The lowest BCUT2D eigenvalue weighted by atomic mass is 10.1. The number of carboxylic acid groups (broad SMARTS) is 1. The van der Waals surface area contributed by atoms with E-state index in [0.29, 0.717) is 28.8 Å². The quantitative estimate of drug-likeness (QED) is 0.572. The van der Waals surface area contributed by atoms with E-state index in [4.69, 9.17) is 14.6 Å². The number of carbonyl (C=O) groups is 1. The molecule has 1 aromatic carbocycles. The van der Waals surface area contributed by atoms with Crippen LogP contribution in [0, 0.1) is 5.92 Å². The van der Waals surface area contributed by atoms with Gasteiger partial charge in [-0.15, -0.1) is 0 Å². The van der Waals surface area contributed by atoms with Gasteiger partial charge < -0.3 is 19.7 Å². The minimum atomic E-state index is -1.11. The summed E-state index contributed by atoms with van der Waals surface area (Å²) in [7, 11) is 0. The Morgan fingerprint density at radius 1 is 1.21 bits per heavy atom. The van der Waals surface area contributed by atoms with E-state index >= 15 is 0 Å². The molecule has 0 aliphatic heterocycles. The molecular formula is C21H21N3O5. The standard InChI is InChI=1S/C21H21N3O5/c25-19(9-21(26)27)15-10-23-24(12-15)16-6-7-20(22-11-16)29-18-3-1-2-17(8-18)28-13-14-4-5-14/h1-3,6-8,10-12,14,19,25H,4-5,9,13H2,(H,26,27). The van der Waals surface area contributed by atoms with Crippen LogP contribution in [0.4, 0.5) is 0 Å². The third kappa shape index (κ3) is 5.11. The molecule has 2 aromatic heterocycles. The lowest BCUT2D eigenvalue weighted by Crippen LogP contribution is -2.04. The highest BCUT2D eigenvalue weighted by Gasteiger charge is 2.22. The summed E-state index contributed by atoms with van der Waals surface area (Å²) in [6.45, 7) is 0.740. The molecule has 1 aliphatic carbocycles. The van der Waals surface area contributed by atoms with Gasteiger partial charge in [0.05, 0.1) is 37.2 Å². The van der Waals surface area contributed by atoms with Gasteiger partial charge in [0, 0.05) is 23.9 Å². The molecule has 0 amide bonds. The van der Waals surface area contributed by atoms with Crippen LogP contribution in [0.15, 0.2) is 55.0 Å². The van der Waals surface area contributed by atoms with Gasteiger partial charge in [0.15, 0.2) is 0 Å². The molecule has 2 N–H and O–H groups in total. The Morgan fingerprint density at radius 3 is 2.76 bits per heavy atom. The van der Waals surface area contributed by atoms with E-state index in [1.807, 2.05) is 24.3 Å². The fourth-order valence-corrected chi connectivity index (χ4v) is 2.75. The summed E-state index contributed by atoms with van der Waals surface area (Å²) in [5.41, 5.74) is 1.09. The van der Waals surface area contributed by atoms with Crippen molar-refractivity contribution in [2.24, 2.45) is 5.92 Å². The molecule has 1 saturated carbocycles. The average molecular weight is 395 g/mol. The molecule has 1 aliphatic rings. The van der Waals surface area contributed by atoms with Gasteiger partial charge in [-0.05, 0) is 37.0 Å². The third-order valence-electron chi connectivity index (χ3n) is 4.55. The second-order valence-corrected chi connectivity index (χ2v) is 7.02. The highest BCUT2D eigenvalue weighted by Crippen LogP contribution is 2.31. The number of aliphatic carboxylic acids is 1. The molecule has 4 rings (SSSR count). The number of benzene rings is 1. The molecule has 2 heterocycles. The summed E-state index contributed by atoms with van der Waals surface area (Å²) in [4.78, 5) is 15.0. The molecule has 0 spiro atoms. The molecule has 3 aromatic rings. The molecule has 0 bridgehead atoms. The first-order valence-corrected chi connectivity index (χ1v) is 9.38. The van der Waals surface area contributed by atoms with Crippen molar-refractivity contribution < 1.29 is 24.5 Å². The summed E-state index contributed by atoms with van der Waals surface area (Å²) in [5.74, 6) is 1.44. The van der Waals surface area contributed by atoms with Crippen LogP contribution in [0.3, 0.4) is 0 Å². The van der Waals surface area contributed by atoms with Crippen molar-refractivity contribution in [3.63, 3.8) is 0 Å². The minimum Gasteiger partial charge on any atom is -0.493 e. The van der Waals surface area contributed by atoms with Crippen LogP contribution in [0.2, 0.25) is 0 Å². The van der Waals surface area contributed by atoms with Gasteiger partial charge in [-0.3, -0.25) is 4.79 Å². The maximum absolute atomic E-state index is 10.7. The fourth-order valence-electron chi connectivity index (χ4n) is 2.75. The van der Waals surface area contributed by atoms with E-state index in [0.717, 1.165) is 12.4 Å². The number of ether oxygens (including phenoxy) is 2. The summed E-state index contributed by atoms with van der Waals surface area (Å²) in [5, 5.41) is 22.8. The molecule has 1 atom stereocenters. The molecule has 29 heavy (non-hydrogen) atoms. The Balaban J connectivity index is 1.40.